The molecule has 0 amide bonds. The van der Waals surface area contributed by atoms with E-state index in [1.54, 1.807) is 0 Å². The third-order valence-corrected chi connectivity index (χ3v) is 2.37. The van der Waals surface area contributed by atoms with Gasteiger partial charge in [0.1, 0.15) is 0 Å². The molecule has 1 aliphatic rings. The fraction of sp³-hybridized carbons (Fsp3) is 0.778. The van der Waals surface area contributed by atoms with Crippen molar-refractivity contribution in [1.82, 2.24) is 4.90 Å². The highest BCUT2D eigenvalue weighted by atomic mass is 19.4. The smallest absolute Gasteiger partial charge is 0.294 e. The van der Waals surface area contributed by atoms with E-state index in [2.05, 4.69) is 6.58 Å². The summed E-state index contributed by atoms with van der Waals surface area (Å²) in [5.41, 5.74) is 0.990. The molecule has 0 spiro atoms. The van der Waals surface area contributed by atoms with E-state index in [9.17, 15) is 13.2 Å². The van der Waals surface area contributed by atoms with Crippen LogP contribution in [0.3, 0.4) is 0 Å². The standard InChI is InChI=1S/C9H14F3N/c1-7(2)8-3-4-13(5-8)6-9(10,11)12/h8H,1,3-6H2,2H3. The summed E-state index contributed by atoms with van der Waals surface area (Å²) in [5, 5.41) is 0. The summed E-state index contributed by atoms with van der Waals surface area (Å²) in [4.78, 5) is 1.44. The average Bonchev–Trinajstić information content (AvgIpc) is 2.31. The molecule has 76 valence electrons. The van der Waals surface area contributed by atoms with E-state index in [4.69, 9.17) is 0 Å². The number of rotatable bonds is 2. The third-order valence-electron chi connectivity index (χ3n) is 2.37. The Morgan fingerprint density at radius 2 is 2.15 bits per heavy atom. The van der Waals surface area contributed by atoms with Gasteiger partial charge in [0.15, 0.2) is 0 Å². The van der Waals surface area contributed by atoms with Crippen LogP contribution in [0.5, 0.6) is 0 Å². The van der Waals surface area contributed by atoms with Gasteiger partial charge in [-0.2, -0.15) is 13.2 Å². The van der Waals surface area contributed by atoms with Crippen LogP contribution in [-0.2, 0) is 0 Å². The summed E-state index contributed by atoms with van der Waals surface area (Å²) in [7, 11) is 0. The molecule has 1 unspecified atom stereocenters. The lowest BCUT2D eigenvalue weighted by atomic mass is 10.0. The molecule has 1 fully saturated rings. The zero-order chi connectivity index (χ0) is 10.1. The minimum Gasteiger partial charge on any atom is -0.294 e. The van der Waals surface area contributed by atoms with Crippen molar-refractivity contribution < 1.29 is 13.2 Å². The molecule has 1 aliphatic heterocycles. The molecule has 0 aliphatic carbocycles. The van der Waals surface area contributed by atoms with Crippen molar-refractivity contribution >= 4 is 0 Å². The maximum Gasteiger partial charge on any atom is 0.401 e. The first-order valence-electron chi connectivity index (χ1n) is 4.33. The van der Waals surface area contributed by atoms with Gasteiger partial charge < -0.3 is 0 Å². The van der Waals surface area contributed by atoms with Crippen molar-refractivity contribution in [2.24, 2.45) is 5.92 Å². The highest BCUT2D eigenvalue weighted by Crippen LogP contribution is 2.25. The van der Waals surface area contributed by atoms with Crippen LogP contribution in [-0.4, -0.2) is 30.7 Å². The molecule has 1 saturated heterocycles. The summed E-state index contributed by atoms with van der Waals surface area (Å²) >= 11 is 0. The van der Waals surface area contributed by atoms with E-state index in [1.807, 2.05) is 6.92 Å². The topological polar surface area (TPSA) is 3.24 Å². The van der Waals surface area contributed by atoms with Gasteiger partial charge in [-0.25, -0.2) is 0 Å². The summed E-state index contributed by atoms with van der Waals surface area (Å²) in [6.07, 6.45) is -3.25. The van der Waals surface area contributed by atoms with Gasteiger partial charge in [0.25, 0.3) is 0 Å². The van der Waals surface area contributed by atoms with Crippen LogP contribution in [0.4, 0.5) is 13.2 Å². The average molecular weight is 193 g/mol. The lowest BCUT2D eigenvalue weighted by Crippen LogP contribution is -2.32. The molecule has 13 heavy (non-hydrogen) atoms. The quantitative estimate of drug-likeness (QED) is 0.609. The number of hydrogen-bond acceptors (Lipinski definition) is 1. The fourth-order valence-corrected chi connectivity index (χ4v) is 1.63. The van der Waals surface area contributed by atoms with E-state index in [1.165, 1.54) is 4.90 Å². The molecular weight excluding hydrogens is 179 g/mol. The Morgan fingerprint density at radius 1 is 1.54 bits per heavy atom. The van der Waals surface area contributed by atoms with Crippen molar-refractivity contribution in [3.8, 4) is 0 Å². The second-order valence-corrected chi connectivity index (χ2v) is 3.68. The normalized spacial score (nSPS) is 25.1. The lowest BCUT2D eigenvalue weighted by molar-refractivity contribution is -0.143. The number of halogens is 3. The highest BCUT2D eigenvalue weighted by molar-refractivity contribution is 5.00. The second-order valence-electron chi connectivity index (χ2n) is 3.68. The molecule has 0 aromatic rings. The summed E-state index contributed by atoms with van der Waals surface area (Å²) in [5.74, 6) is 0.252. The van der Waals surface area contributed by atoms with E-state index >= 15 is 0 Å². The van der Waals surface area contributed by atoms with Gasteiger partial charge in [-0.3, -0.25) is 4.90 Å². The summed E-state index contributed by atoms with van der Waals surface area (Å²) in [6.45, 7) is 5.90. The van der Waals surface area contributed by atoms with E-state index in [-0.39, 0.29) is 5.92 Å². The van der Waals surface area contributed by atoms with Crippen molar-refractivity contribution in [3.63, 3.8) is 0 Å². The molecule has 0 aromatic heterocycles. The van der Waals surface area contributed by atoms with Crippen LogP contribution in [0.2, 0.25) is 0 Å². The minimum atomic E-state index is -4.07. The Morgan fingerprint density at radius 3 is 2.54 bits per heavy atom. The molecule has 1 heterocycles. The first-order chi connectivity index (χ1) is 5.88. The van der Waals surface area contributed by atoms with Gasteiger partial charge >= 0.3 is 6.18 Å². The zero-order valence-corrected chi connectivity index (χ0v) is 7.69. The molecule has 0 aromatic carbocycles. The molecule has 4 heteroatoms. The van der Waals surface area contributed by atoms with E-state index < -0.39 is 12.7 Å². The molecule has 0 bridgehead atoms. The van der Waals surface area contributed by atoms with Gasteiger partial charge in [0.2, 0.25) is 0 Å². The minimum absolute atomic E-state index is 0.252. The number of alkyl halides is 3. The molecule has 0 radical (unpaired) electrons. The first kappa shape index (κ1) is 10.6. The van der Waals surface area contributed by atoms with Crippen LogP contribution in [0, 0.1) is 5.92 Å². The lowest BCUT2D eigenvalue weighted by Gasteiger charge is -2.17. The van der Waals surface area contributed by atoms with E-state index in [0.717, 1.165) is 12.0 Å². The van der Waals surface area contributed by atoms with Crippen LogP contribution >= 0.6 is 0 Å². The monoisotopic (exact) mass is 193 g/mol. The number of likely N-dealkylation sites (tertiary alicyclic amines) is 1. The molecule has 1 nitrogen and oxygen atoms in total. The van der Waals surface area contributed by atoms with Crippen LogP contribution < -0.4 is 0 Å². The first-order valence-corrected chi connectivity index (χ1v) is 4.33. The van der Waals surface area contributed by atoms with Crippen molar-refractivity contribution in [2.45, 2.75) is 19.5 Å². The Kier molecular flexibility index (Phi) is 3.01. The highest BCUT2D eigenvalue weighted by Gasteiger charge is 2.34. The molecule has 1 atom stereocenters. The maximum atomic E-state index is 12.0. The van der Waals surface area contributed by atoms with Crippen molar-refractivity contribution in [2.75, 3.05) is 19.6 Å². The van der Waals surface area contributed by atoms with Crippen LogP contribution in [0.25, 0.3) is 0 Å². The second kappa shape index (κ2) is 3.70. The molecular formula is C9H14F3N. The van der Waals surface area contributed by atoms with Crippen molar-refractivity contribution in [3.05, 3.63) is 12.2 Å². The SMILES string of the molecule is C=C(C)C1CCN(CC(F)(F)F)C1. The van der Waals surface area contributed by atoms with Gasteiger partial charge in [0.05, 0.1) is 6.54 Å². The molecule has 0 N–H and O–H groups in total. The number of hydrogen-bond donors (Lipinski definition) is 0. The molecule has 1 rings (SSSR count). The van der Waals surface area contributed by atoms with Crippen LogP contribution in [0.1, 0.15) is 13.3 Å². The van der Waals surface area contributed by atoms with Gasteiger partial charge in [-0.05, 0) is 25.8 Å². The van der Waals surface area contributed by atoms with Gasteiger partial charge in [-0.1, -0.05) is 12.2 Å². The van der Waals surface area contributed by atoms with E-state index in [0.29, 0.717) is 13.1 Å². The Bertz CT molecular complexity index is 198. The van der Waals surface area contributed by atoms with Gasteiger partial charge in [0, 0.05) is 6.54 Å². The van der Waals surface area contributed by atoms with Crippen molar-refractivity contribution in [1.29, 1.82) is 0 Å². The zero-order valence-electron chi connectivity index (χ0n) is 7.69. The predicted octanol–water partition coefficient (Wildman–Crippen LogP) is 2.45. The summed E-state index contributed by atoms with van der Waals surface area (Å²) < 4.78 is 35.9. The third kappa shape index (κ3) is 3.38. The Hall–Kier alpha value is -0.510. The Balaban J connectivity index is 2.38. The fourth-order valence-electron chi connectivity index (χ4n) is 1.63. The predicted molar refractivity (Wildman–Crippen MR) is 45.4 cm³/mol. The van der Waals surface area contributed by atoms with Crippen LogP contribution in [0.15, 0.2) is 12.2 Å². The maximum absolute atomic E-state index is 12.0. The Labute approximate surface area is 76.2 Å². The molecule has 0 saturated carbocycles. The summed E-state index contributed by atoms with van der Waals surface area (Å²) in [6, 6.07) is 0. The largest absolute Gasteiger partial charge is 0.401 e. The van der Waals surface area contributed by atoms with Gasteiger partial charge in [-0.15, -0.1) is 0 Å². The number of nitrogens with zero attached hydrogens (tertiary/aromatic N) is 1.